The fourth-order valence-electron chi connectivity index (χ4n) is 2.31. The number of carbonyl (C=O) groups excluding carboxylic acids is 1. The lowest BCUT2D eigenvalue weighted by atomic mass is 10.2. The number of nitrogens with one attached hydrogen (secondary N) is 3. The molecule has 0 spiro atoms. The normalized spacial score (nSPS) is 12.1. The van der Waals surface area contributed by atoms with Gasteiger partial charge in [-0.2, -0.15) is 4.31 Å². The van der Waals surface area contributed by atoms with Crippen LogP contribution < -0.4 is 15.4 Å². The second-order valence-electron chi connectivity index (χ2n) is 6.34. The van der Waals surface area contributed by atoms with Crippen LogP contribution in [-0.2, 0) is 33.1 Å². The molecule has 0 aliphatic heterocycles. The van der Waals surface area contributed by atoms with Gasteiger partial charge in [0, 0.05) is 25.0 Å². The monoisotopic (exact) mass is 479 g/mol. The van der Waals surface area contributed by atoms with Crippen molar-refractivity contribution in [2.75, 3.05) is 30.9 Å². The summed E-state index contributed by atoms with van der Waals surface area (Å²) in [5.74, 6) is -0.401. The maximum Gasteiger partial charge on any atom is 0.321 e. The minimum absolute atomic E-state index is 0.0691. The van der Waals surface area contributed by atoms with Gasteiger partial charge in [-0.05, 0) is 17.7 Å². The summed E-state index contributed by atoms with van der Waals surface area (Å²) in [6.07, 6.45) is 1.99. The molecule has 0 saturated heterocycles. The minimum Gasteiger partial charge on any atom is -0.334 e. The average Bonchev–Trinajstić information content (AvgIpc) is 3.04. The Kier molecular flexibility index (Phi) is 8.25. The highest BCUT2D eigenvalue weighted by Crippen LogP contribution is 2.17. The van der Waals surface area contributed by atoms with Gasteiger partial charge in [-0.3, -0.25) is 5.32 Å². The molecule has 0 bridgehead atoms. The van der Waals surface area contributed by atoms with Crippen LogP contribution in [0.4, 0.5) is 14.3 Å². The van der Waals surface area contributed by atoms with Gasteiger partial charge in [0.05, 0.1) is 24.8 Å². The molecule has 0 atom stereocenters. The van der Waals surface area contributed by atoms with Gasteiger partial charge in [-0.1, -0.05) is 12.1 Å². The maximum atomic E-state index is 13.1. The summed E-state index contributed by atoms with van der Waals surface area (Å²) >= 11 is 1.11. The highest BCUT2D eigenvalue weighted by Gasteiger charge is 2.19. The first-order valence-electron chi connectivity index (χ1n) is 8.56. The van der Waals surface area contributed by atoms with E-state index >= 15 is 0 Å². The molecule has 0 aliphatic carbocycles. The molecule has 0 saturated carbocycles. The van der Waals surface area contributed by atoms with E-state index in [-0.39, 0.29) is 31.3 Å². The van der Waals surface area contributed by atoms with E-state index in [0.29, 0.717) is 11.3 Å². The second kappa shape index (κ2) is 10.3. The van der Waals surface area contributed by atoms with E-state index in [1.165, 1.54) is 18.2 Å². The number of anilines is 1. The number of sulfonamides is 2. The third-order valence-corrected chi connectivity index (χ3v) is 6.43. The molecule has 1 heterocycles. The van der Waals surface area contributed by atoms with Gasteiger partial charge in [0.1, 0.15) is 5.82 Å². The molecule has 2 aromatic rings. The van der Waals surface area contributed by atoms with Crippen LogP contribution in [0, 0.1) is 5.82 Å². The summed E-state index contributed by atoms with van der Waals surface area (Å²) in [5, 5.41) is 6.94. The Balaban J connectivity index is 1.91. The molecule has 14 heteroatoms. The van der Waals surface area contributed by atoms with Crippen molar-refractivity contribution < 1.29 is 26.0 Å². The number of aromatic nitrogens is 1. The zero-order valence-corrected chi connectivity index (χ0v) is 18.7. The first kappa shape index (κ1) is 24.1. The highest BCUT2D eigenvalue weighted by molar-refractivity contribution is 7.88. The summed E-state index contributed by atoms with van der Waals surface area (Å²) in [7, 11) is -7.04. The molecule has 0 radical (unpaired) electrons. The van der Waals surface area contributed by atoms with Gasteiger partial charge >= 0.3 is 6.03 Å². The number of thiazole rings is 1. The van der Waals surface area contributed by atoms with Gasteiger partial charge < -0.3 is 5.32 Å². The Morgan fingerprint density at radius 3 is 2.60 bits per heavy atom. The van der Waals surface area contributed by atoms with E-state index in [1.54, 1.807) is 11.4 Å². The number of amides is 2. The first-order chi connectivity index (χ1) is 13.9. The third kappa shape index (κ3) is 8.71. The van der Waals surface area contributed by atoms with E-state index in [2.05, 4.69) is 20.3 Å². The summed E-state index contributed by atoms with van der Waals surface area (Å²) in [4.78, 5) is 16.1. The predicted octanol–water partition coefficient (Wildman–Crippen LogP) is 0.915. The Labute approximate surface area is 178 Å². The van der Waals surface area contributed by atoms with Crippen molar-refractivity contribution in [1.82, 2.24) is 19.3 Å². The van der Waals surface area contributed by atoms with E-state index in [0.717, 1.165) is 28.2 Å². The van der Waals surface area contributed by atoms with Crippen molar-refractivity contribution in [2.45, 2.75) is 13.1 Å². The molecule has 0 fully saturated rings. The molecular formula is C16H22FN5O5S3. The fraction of sp³-hybridized carbons (Fsp3) is 0.375. The van der Waals surface area contributed by atoms with Crippen LogP contribution in [0.1, 0.15) is 11.3 Å². The molecule has 2 rings (SSSR count). The molecule has 30 heavy (non-hydrogen) atoms. The van der Waals surface area contributed by atoms with Crippen LogP contribution in [0.15, 0.2) is 29.6 Å². The Hall–Kier alpha value is -2.13. The quantitative estimate of drug-likeness (QED) is 0.463. The van der Waals surface area contributed by atoms with E-state index in [4.69, 9.17) is 0 Å². The lowest BCUT2D eigenvalue weighted by Gasteiger charge is -2.18. The fourth-order valence-corrected chi connectivity index (χ4v) is 4.25. The molecule has 1 aromatic carbocycles. The van der Waals surface area contributed by atoms with Crippen LogP contribution >= 0.6 is 11.3 Å². The Morgan fingerprint density at radius 2 is 1.97 bits per heavy atom. The lowest BCUT2D eigenvalue weighted by Crippen LogP contribution is -2.37. The summed E-state index contributed by atoms with van der Waals surface area (Å²) in [5.41, 5.74) is 0.988. The van der Waals surface area contributed by atoms with Crippen molar-refractivity contribution >= 4 is 42.5 Å². The number of carbonyl (C=O) groups is 1. The number of urea groups is 1. The van der Waals surface area contributed by atoms with E-state index in [1.807, 2.05) is 0 Å². The van der Waals surface area contributed by atoms with E-state index in [9.17, 15) is 26.0 Å². The van der Waals surface area contributed by atoms with Crippen LogP contribution in [0.5, 0.6) is 0 Å². The van der Waals surface area contributed by atoms with Gasteiger partial charge in [0.15, 0.2) is 5.13 Å². The topological polar surface area (TPSA) is 138 Å². The Bertz CT molecular complexity index is 1090. The first-order valence-corrected chi connectivity index (χ1v) is 13.2. The molecule has 0 unspecified atom stereocenters. The number of benzene rings is 1. The molecule has 0 aliphatic rings. The van der Waals surface area contributed by atoms with Crippen molar-refractivity contribution in [3.8, 4) is 0 Å². The largest absolute Gasteiger partial charge is 0.334 e. The number of nitrogens with zero attached hydrogens (tertiary/aromatic N) is 2. The van der Waals surface area contributed by atoms with E-state index < -0.39 is 31.9 Å². The molecule has 2 amide bonds. The van der Waals surface area contributed by atoms with Gasteiger partial charge in [0.2, 0.25) is 20.0 Å². The zero-order chi connectivity index (χ0) is 22.4. The summed E-state index contributed by atoms with van der Waals surface area (Å²) < 4.78 is 62.6. The van der Waals surface area contributed by atoms with Gasteiger partial charge in [-0.15, -0.1) is 11.3 Å². The molecule has 10 nitrogen and oxygen atoms in total. The van der Waals surface area contributed by atoms with Gasteiger partial charge in [0.25, 0.3) is 0 Å². The van der Waals surface area contributed by atoms with Crippen molar-refractivity contribution in [3.05, 3.63) is 46.7 Å². The maximum absolute atomic E-state index is 13.1. The SMILES string of the molecule is CS(=O)(=O)NCCN(Cc1csc(NC(=O)NCc2cccc(F)c2)n1)S(C)(=O)=O. The van der Waals surface area contributed by atoms with Crippen molar-refractivity contribution in [2.24, 2.45) is 0 Å². The zero-order valence-electron chi connectivity index (χ0n) is 16.3. The molecule has 166 valence electrons. The van der Waals surface area contributed by atoms with Crippen LogP contribution in [0.2, 0.25) is 0 Å². The number of hydrogen-bond donors (Lipinski definition) is 3. The Morgan fingerprint density at radius 1 is 1.23 bits per heavy atom. The van der Waals surface area contributed by atoms with Crippen LogP contribution in [0.3, 0.4) is 0 Å². The average molecular weight is 480 g/mol. The number of rotatable bonds is 10. The summed E-state index contributed by atoms with van der Waals surface area (Å²) in [6.45, 7) is -0.103. The van der Waals surface area contributed by atoms with Crippen LogP contribution in [0.25, 0.3) is 0 Å². The number of halogens is 1. The van der Waals surface area contributed by atoms with Crippen molar-refractivity contribution in [3.63, 3.8) is 0 Å². The minimum atomic E-state index is -3.60. The van der Waals surface area contributed by atoms with Crippen molar-refractivity contribution in [1.29, 1.82) is 0 Å². The second-order valence-corrected chi connectivity index (χ2v) is 11.0. The number of hydrogen-bond acceptors (Lipinski definition) is 7. The predicted molar refractivity (Wildman–Crippen MR) is 112 cm³/mol. The standard InChI is InChI=1S/C16H22FN5O5S3/c1-29(24,25)19-6-7-22(30(2,26)27)10-14-11-28-16(20-14)21-15(23)18-9-12-4-3-5-13(17)8-12/h3-5,8,11,19H,6-7,9-10H2,1-2H3,(H2,18,20,21,23). The van der Waals surface area contributed by atoms with Gasteiger partial charge in [-0.25, -0.2) is 35.7 Å². The van der Waals surface area contributed by atoms with Crippen LogP contribution in [-0.4, -0.2) is 57.8 Å². The summed E-state index contributed by atoms with van der Waals surface area (Å²) in [6, 6.07) is 5.27. The third-order valence-electron chi connectivity index (χ3n) is 3.65. The lowest BCUT2D eigenvalue weighted by molar-refractivity contribution is 0.251. The molecule has 3 N–H and O–H groups in total. The molecule has 1 aromatic heterocycles. The smallest absolute Gasteiger partial charge is 0.321 e. The highest BCUT2D eigenvalue weighted by atomic mass is 32.2. The molecular weight excluding hydrogens is 457 g/mol.